The van der Waals surface area contributed by atoms with Gasteiger partial charge < -0.3 is 0 Å². The Kier molecular flexibility index (Phi) is 88.0. The van der Waals surface area contributed by atoms with Crippen LogP contribution >= 0.6 is 0 Å². The molecule has 0 spiro atoms. The summed E-state index contributed by atoms with van der Waals surface area (Å²) in [5.74, 6) is 0. The molecule has 0 heterocycles. The van der Waals surface area contributed by atoms with Crippen LogP contribution in [-0.4, -0.2) is 27.8 Å². The Hall–Kier alpha value is 2.99. The van der Waals surface area contributed by atoms with E-state index in [2.05, 4.69) is 27.8 Å². The molecule has 0 rings (SSSR count). The van der Waals surface area contributed by atoms with Crippen molar-refractivity contribution in [2.24, 2.45) is 0 Å². The van der Waals surface area contributed by atoms with E-state index >= 15 is 0 Å². The van der Waals surface area contributed by atoms with E-state index in [4.69, 9.17) is 0 Å². The van der Waals surface area contributed by atoms with Crippen molar-refractivity contribution in [1.29, 1.82) is 0 Å². The molecule has 0 aromatic carbocycles. The summed E-state index contributed by atoms with van der Waals surface area (Å²) >= 11 is 7.00. The molecule has 0 unspecified atom stereocenters. The third kappa shape index (κ3) is 19.5. The third-order valence-corrected chi connectivity index (χ3v) is 0. The molecule has 0 nitrogen and oxygen atoms in total. The summed E-state index contributed by atoms with van der Waals surface area (Å²) in [7, 11) is 0. The Morgan fingerprint density at radius 1 is 0.800 bits per heavy atom. The molecule has 0 aromatic rings. The molecule has 5 heavy (non-hydrogen) atoms. The van der Waals surface area contributed by atoms with Crippen molar-refractivity contribution in [3.8, 4) is 0 Å². The molecule has 0 saturated carbocycles. The first kappa shape index (κ1) is 15.7. The van der Waals surface area contributed by atoms with Crippen molar-refractivity contribution < 1.29 is 50.6 Å². The molecular weight excluding hydrogens is 346 g/mol. The second-order valence-corrected chi connectivity index (χ2v) is 0. The van der Waals surface area contributed by atoms with E-state index in [0.717, 1.165) is 0 Å². The maximum absolute atomic E-state index is 2.12. The molecular formula is H2As2Zn3. The van der Waals surface area contributed by atoms with Crippen molar-refractivity contribution in [2.45, 2.75) is 0 Å². The summed E-state index contributed by atoms with van der Waals surface area (Å²) in [4.78, 5) is 0. The summed E-state index contributed by atoms with van der Waals surface area (Å²) in [6.07, 6.45) is 0. The topological polar surface area (TPSA) is 0 Å². The molecule has 0 aliphatic heterocycles. The van der Waals surface area contributed by atoms with Gasteiger partial charge in [0.05, 0.1) is 0 Å². The molecule has 0 N–H and O–H groups in total. The normalized spacial score (nSPS) is 2.40. The fraction of sp³-hybridized carbons (Fsp3) is 0. The van der Waals surface area contributed by atoms with Crippen molar-refractivity contribution in [2.75, 3.05) is 0 Å². The van der Waals surface area contributed by atoms with E-state index in [9.17, 15) is 0 Å². The van der Waals surface area contributed by atoms with Crippen LogP contribution in [0.4, 0.5) is 0 Å². The van der Waals surface area contributed by atoms with Gasteiger partial charge in [-0.2, -0.15) is 0 Å². The van der Waals surface area contributed by atoms with Crippen LogP contribution in [0.5, 0.6) is 0 Å². The molecule has 0 radical (unpaired) electrons. The van der Waals surface area contributed by atoms with Gasteiger partial charge in [0, 0.05) is 19.5 Å². The number of rotatable bonds is 0. The molecule has 0 aromatic heterocycles. The van der Waals surface area contributed by atoms with Crippen LogP contribution in [0.25, 0.3) is 0 Å². The maximum atomic E-state index is 2.12. The van der Waals surface area contributed by atoms with Gasteiger partial charge in [-0.1, -0.05) is 0 Å². The summed E-state index contributed by atoms with van der Waals surface area (Å²) in [6, 6.07) is 0. The molecule has 0 aliphatic rings. The number of hydrogen-bond donors (Lipinski definition) is 0. The van der Waals surface area contributed by atoms with Crippen LogP contribution in [0.15, 0.2) is 0 Å². The monoisotopic (exact) mass is 344 g/mol. The van der Waals surface area contributed by atoms with Crippen LogP contribution in [0, 0.1) is 0 Å². The minimum absolute atomic E-state index is 0. The Labute approximate surface area is 77.0 Å². The summed E-state index contributed by atoms with van der Waals surface area (Å²) in [5, 5.41) is 0. The van der Waals surface area contributed by atoms with Crippen molar-refractivity contribution in [3.05, 3.63) is 0 Å². The van der Waals surface area contributed by atoms with Crippen LogP contribution in [0.2, 0.25) is 0 Å². The van der Waals surface area contributed by atoms with E-state index in [1.54, 1.807) is 0 Å². The Morgan fingerprint density at radius 2 is 0.800 bits per heavy atom. The van der Waals surface area contributed by atoms with E-state index in [-0.39, 0.29) is 19.5 Å². The van der Waals surface area contributed by atoms with Gasteiger partial charge in [-0.25, -0.2) is 0 Å². The molecule has 0 fully saturated rings. The van der Waals surface area contributed by atoms with Crippen molar-refractivity contribution in [3.63, 3.8) is 0 Å². The molecule has 0 bridgehead atoms. The van der Waals surface area contributed by atoms with Gasteiger partial charge >= 0.3 is 59.0 Å². The minimum atomic E-state index is 0. The second-order valence-electron chi connectivity index (χ2n) is 0. The average molecular weight is 348 g/mol. The fourth-order valence-corrected chi connectivity index (χ4v) is 0. The zero-order chi connectivity index (χ0) is 4.00. The summed E-state index contributed by atoms with van der Waals surface area (Å²) < 4.78 is 0. The fourth-order valence-electron chi connectivity index (χ4n) is 0. The van der Waals surface area contributed by atoms with Gasteiger partial charge in [0.25, 0.3) is 0 Å². The van der Waals surface area contributed by atoms with E-state index in [1.165, 1.54) is 31.1 Å². The van der Waals surface area contributed by atoms with Gasteiger partial charge in [0.1, 0.15) is 0 Å². The predicted octanol–water partition coefficient (Wildman–Crippen LogP) is -1.30. The van der Waals surface area contributed by atoms with Gasteiger partial charge in [-0.15, -0.1) is 0 Å². The first-order valence-corrected chi connectivity index (χ1v) is 19.1. The zero-order valence-electron chi connectivity index (χ0n) is 3.12. The molecule has 5 heteroatoms. The predicted molar refractivity (Wildman–Crippen MR) is 14.3 cm³/mol. The van der Waals surface area contributed by atoms with Gasteiger partial charge in [0.15, 0.2) is 0 Å². The molecule has 0 aliphatic carbocycles. The van der Waals surface area contributed by atoms with Gasteiger partial charge in [0.2, 0.25) is 0 Å². The molecule has 0 saturated heterocycles. The van der Waals surface area contributed by atoms with Gasteiger partial charge in [-0.3, -0.25) is 0 Å². The van der Waals surface area contributed by atoms with E-state index < -0.39 is 0 Å². The Balaban J connectivity index is -0.0000000133. The van der Waals surface area contributed by atoms with E-state index in [1.807, 2.05) is 0 Å². The Morgan fingerprint density at radius 3 is 0.800 bits per heavy atom. The SMILES string of the molecule is [Zn].[Zn]=[AsH].[Zn]=[AsH]. The van der Waals surface area contributed by atoms with E-state index in [0.29, 0.717) is 0 Å². The Bertz CT molecular complexity index is 6.85. The van der Waals surface area contributed by atoms with Crippen LogP contribution in [0.3, 0.4) is 0 Å². The standard InChI is InChI=1S/2AsH.3Zn/h2*1H;;;. The van der Waals surface area contributed by atoms with Crippen molar-refractivity contribution in [1.82, 2.24) is 0 Å². The zero-order valence-corrected chi connectivity index (χ0v) is 16.2. The summed E-state index contributed by atoms with van der Waals surface area (Å²) in [6.45, 7) is 0. The average Bonchev–Trinajstić information content (AvgIpc) is 1.50. The van der Waals surface area contributed by atoms with Crippen LogP contribution in [0.1, 0.15) is 0 Å². The third-order valence-electron chi connectivity index (χ3n) is 0. The first-order valence-electron chi connectivity index (χ1n) is 0.707. The molecule has 0 atom stereocenters. The first-order chi connectivity index (χ1) is 2.00. The van der Waals surface area contributed by atoms with Crippen LogP contribution < -0.4 is 0 Å². The summed E-state index contributed by atoms with van der Waals surface area (Å²) in [5.41, 5.74) is 0. The molecule has 0 amide bonds. The van der Waals surface area contributed by atoms with Gasteiger partial charge in [-0.05, 0) is 0 Å². The van der Waals surface area contributed by atoms with Crippen LogP contribution in [-0.2, 0) is 50.6 Å². The number of hydrogen-bond acceptors (Lipinski definition) is 0. The second kappa shape index (κ2) is 28.1. The van der Waals surface area contributed by atoms with Crippen molar-refractivity contribution >= 4 is 27.8 Å². The quantitative estimate of drug-likeness (QED) is 0.478. The molecule has 18 valence electrons.